The summed E-state index contributed by atoms with van der Waals surface area (Å²) >= 11 is 12.2. The zero-order valence-electron chi connectivity index (χ0n) is 23.2. The fraction of sp³-hybridized carbons (Fsp3) is 0.241. The molecule has 0 aliphatic carbocycles. The molecule has 43 heavy (non-hydrogen) atoms. The molecule has 14 heteroatoms. The van der Waals surface area contributed by atoms with Crippen LogP contribution in [0.1, 0.15) is 25.5 Å². The molecule has 0 saturated carbocycles. The summed E-state index contributed by atoms with van der Waals surface area (Å²) in [6, 6.07) is 10.6. The Kier molecular flexibility index (Phi) is 8.76. The van der Waals surface area contributed by atoms with Crippen molar-refractivity contribution >= 4 is 69.8 Å². The number of anilines is 1. The molecule has 2 aromatic carbocycles. The first kappa shape index (κ1) is 30.1. The summed E-state index contributed by atoms with van der Waals surface area (Å²) in [6.07, 6.45) is 2.64. The summed E-state index contributed by atoms with van der Waals surface area (Å²) in [5.41, 5.74) is 0.500. The highest BCUT2D eigenvalue weighted by Crippen LogP contribution is 2.35. The van der Waals surface area contributed by atoms with Crippen LogP contribution in [0.25, 0.3) is 6.08 Å². The minimum absolute atomic E-state index is 0.0802. The predicted octanol–water partition coefficient (Wildman–Crippen LogP) is 2.48. The van der Waals surface area contributed by atoms with E-state index in [1.54, 1.807) is 42.5 Å². The largest absolute Gasteiger partial charge is 0.490 e. The molecule has 222 valence electrons. The zero-order chi connectivity index (χ0) is 30.8. The highest BCUT2D eigenvalue weighted by molar-refractivity contribution is 7.80. The molecule has 5 rings (SSSR count). The number of thiocarbonyl (C=S) groups is 1. The number of nitrogens with zero attached hydrogens (tertiary/aromatic N) is 3. The number of esters is 1. The Morgan fingerprint density at radius 2 is 1.79 bits per heavy atom. The number of rotatable bonds is 8. The average molecular weight is 641 g/mol. The van der Waals surface area contributed by atoms with Crippen LogP contribution in [0.2, 0.25) is 5.02 Å². The Hall–Kier alpha value is -4.33. The molecule has 3 heterocycles. The van der Waals surface area contributed by atoms with Gasteiger partial charge in [0.1, 0.15) is 5.92 Å². The van der Waals surface area contributed by atoms with Crippen LogP contribution in [0.4, 0.5) is 5.69 Å². The van der Waals surface area contributed by atoms with Crippen LogP contribution < -0.4 is 34.6 Å². The summed E-state index contributed by atoms with van der Waals surface area (Å²) in [5.74, 6) is -2.41. The van der Waals surface area contributed by atoms with Crippen LogP contribution in [-0.4, -0.2) is 47.8 Å². The standard InChI is InChI=1S/C29H25ClN4O7S2/c1-4-40-20-11-6-15(12-21(20)41-5-2)23-19(27(38)39-3)14-31-29-34(23)26(37)22(43-29)13-18-24(35)32-28(42)33(25(18)36)17-9-7-16(30)8-10-17/h6-14,18,23H,4-5H2,1-3H3,(H,32,35,42)/b22-13-/t18-,23+/m1/s1. The third-order valence-corrected chi connectivity index (χ3v) is 8.16. The lowest BCUT2D eigenvalue weighted by Gasteiger charge is -2.31. The second kappa shape index (κ2) is 12.5. The van der Waals surface area contributed by atoms with Crippen LogP contribution >= 0.6 is 35.2 Å². The molecule has 11 nitrogen and oxygen atoms in total. The lowest BCUT2D eigenvalue weighted by molar-refractivity contribution is -0.136. The van der Waals surface area contributed by atoms with Crippen molar-refractivity contribution in [2.45, 2.75) is 19.9 Å². The van der Waals surface area contributed by atoms with Gasteiger partial charge < -0.3 is 19.5 Å². The van der Waals surface area contributed by atoms with Crippen molar-refractivity contribution in [3.8, 4) is 11.5 Å². The maximum absolute atomic E-state index is 13.9. The number of fused-ring (bicyclic) bond motifs is 1. The molecule has 2 amide bonds. The first-order valence-electron chi connectivity index (χ1n) is 13.1. The summed E-state index contributed by atoms with van der Waals surface area (Å²) in [6.45, 7) is 4.45. The number of carbonyl (C=O) groups excluding carboxylic acids is 3. The van der Waals surface area contributed by atoms with Gasteiger partial charge in [-0.2, -0.15) is 0 Å². The van der Waals surface area contributed by atoms with Gasteiger partial charge in [-0.3, -0.25) is 23.9 Å². The van der Waals surface area contributed by atoms with Gasteiger partial charge in [-0.25, -0.2) is 9.79 Å². The molecule has 2 aliphatic rings. The number of hydrogen-bond acceptors (Lipinski definition) is 10. The van der Waals surface area contributed by atoms with Crippen molar-refractivity contribution in [3.63, 3.8) is 0 Å². The first-order chi connectivity index (χ1) is 20.7. The number of amides is 2. The van der Waals surface area contributed by atoms with E-state index < -0.39 is 35.3 Å². The van der Waals surface area contributed by atoms with E-state index in [4.69, 9.17) is 38.0 Å². The third-order valence-electron chi connectivity index (χ3n) is 6.61. The number of carbonyl (C=O) groups is 3. The second-order valence-corrected chi connectivity index (χ2v) is 11.0. The van der Waals surface area contributed by atoms with Gasteiger partial charge in [0.15, 0.2) is 21.4 Å². The summed E-state index contributed by atoms with van der Waals surface area (Å²) in [7, 11) is 1.24. The van der Waals surface area contributed by atoms with Crippen LogP contribution in [0.15, 0.2) is 64.0 Å². The quantitative estimate of drug-likeness (QED) is 0.226. The van der Waals surface area contributed by atoms with Gasteiger partial charge in [0.05, 0.1) is 42.2 Å². The molecule has 1 saturated heterocycles. The Morgan fingerprint density at radius 3 is 2.47 bits per heavy atom. The topological polar surface area (TPSA) is 129 Å². The van der Waals surface area contributed by atoms with Gasteiger partial charge in [-0.15, -0.1) is 0 Å². The number of methoxy groups -OCH3 is 1. The van der Waals surface area contributed by atoms with Gasteiger partial charge in [-0.05, 0) is 74.1 Å². The zero-order valence-corrected chi connectivity index (χ0v) is 25.5. The van der Waals surface area contributed by atoms with Gasteiger partial charge in [0.25, 0.3) is 5.56 Å². The fourth-order valence-electron chi connectivity index (χ4n) is 4.72. The summed E-state index contributed by atoms with van der Waals surface area (Å²) in [5, 5.41) is 2.90. The molecule has 0 unspecified atom stereocenters. The molecule has 0 spiro atoms. The molecular weight excluding hydrogens is 616 g/mol. The van der Waals surface area contributed by atoms with Crippen molar-refractivity contribution < 1.29 is 28.6 Å². The van der Waals surface area contributed by atoms with Gasteiger partial charge in [0.2, 0.25) is 11.8 Å². The number of benzene rings is 2. The lowest BCUT2D eigenvalue weighted by atomic mass is 9.97. The molecule has 1 N–H and O–H groups in total. The maximum atomic E-state index is 13.9. The number of nitrogens with one attached hydrogen (secondary N) is 1. The summed E-state index contributed by atoms with van der Waals surface area (Å²) in [4.78, 5) is 59.0. The lowest BCUT2D eigenvalue weighted by Crippen LogP contribution is -2.58. The van der Waals surface area contributed by atoms with Crippen molar-refractivity contribution in [1.82, 2.24) is 9.88 Å². The number of halogens is 1. The maximum Gasteiger partial charge on any atom is 0.337 e. The molecule has 1 fully saturated rings. The molecule has 2 aliphatic heterocycles. The number of hydrogen-bond donors (Lipinski definition) is 1. The number of thiazole rings is 1. The van der Waals surface area contributed by atoms with Gasteiger partial charge >= 0.3 is 5.97 Å². The average Bonchev–Trinajstić information content (AvgIpc) is 3.31. The molecule has 1 aromatic heterocycles. The van der Waals surface area contributed by atoms with Crippen LogP contribution in [0.5, 0.6) is 11.5 Å². The van der Waals surface area contributed by atoms with E-state index >= 15 is 0 Å². The monoisotopic (exact) mass is 640 g/mol. The van der Waals surface area contributed by atoms with E-state index in [-0.39, 0.29) is 20.0 Å². The molecular formula is C29H25ClN4O7S2. The minimum Gasteiger partial charge on any atom is -0.490 e. The van der Waals surface area contributed by atoms with Crippen molar-refractivity contribution in [3.05, 3.63) is 84.5 Å². The van der Waals surface area contributed by atoms with Gasteiger partial charge in [-0.1, -0.05) is 29.0 Å². The fourth-order valence-corrected chi connectivity index (χ4v) is 6.13. The normalized spacial score (nSPS) is 18.4. The van der Waals surface area contributed by atoms with Crippen LogP contribution in [-0.2, 0) is 19.1 Å². The van der Waals surface area contributed by atoms with Crippen molar-refractivity contribution in [2.24, 2.45) is 10.9 Å². The van der Waals surface area contributed by atoms with E-state index in [2.05, 4.69) is 10.3 Å². The number of ether oxygens (including phenoxy) is 3. The smallest absolute Gasteiger partial charge is 0.337 e. The van der Waals surface area contributed by atoms with E-state index in [1.807, 2.05) is 13.8 Å². The first-order valence-corrected chi connectivity index (χ1v) is 14.7. The van der Waals surface area contributed by atoms with E-state index in [0.29, 0.717) is 41.0 Å². The van der Waals surface area contributed by atoms with E-state index in [0.717, 1.165) is 11.3 Å². The Bertz CT molecular complexity index is 1850. The number of aromatic nitrogens is 1. The van der Waals surface area contributed by atoms with Crippen LogP contribution in [0.3, 0.4) is 0 Å². The SMILES string of the molecule is CCOc1ccc([C@H]2C(C(=O)OC)=CN=c3s/c(=C\[C@@H]4C(=O)NC(=S)N(c5ccc(Cl)cc5)C4=O)c(=O)n32)cc1OCC. The molecule has 3 aromatic rings. The third kappa shape index (κ3) is 5.70. The molecule has 0 bridgehead atoms. The summed E-state index contributed by atoms with van der Waals surface area (Å²) < 4.78 is 17.9. The Balaban J connectivity index is 1.62. The minimum atomic E-state index is -1.36. The predicted molar refractivity (Wildman–Crippen MR) is 164 cm³/mol. The molecule has 0 radical (unpaired) electrons. The van der Waals surface area contributed by atoms with Crippen molar-refractivity contribution in [2.75, 3.05) is 25.2 Å². The van der Waals surface area contributed by atoms with Crippen molar-refractivity contribution in [1.29, 1.82) is 0 Å². The van der Waals surface area contributed by atoms with Crippen LogP contribution in [0, 0.1) is 5.92 Å². The van der Waals surface area contributed by atoms with E-state index in [1.165, 1.54) is 28.9 Å². The van der Waals surface area contributed by atoms with Gasteiger partial charge in [0, 0.05) is 11.2 Å². The Morgan fingerprint density at radius 1 is 1.09 bits per heavy atom. The molecule has 2 atom stereocenters. The highest BCUT2D eigenvalue weighted by atomic mass is 35.5. The Labute approximate surface area is 259 Å². The highest BCUT2D eigenvalue weighted by Gasteiger charge is 2.39. The second-order valence-electron chi connectivity index (χ2n) is 9.19. The van der Waals surface area contributed by atoms with E-state index in [9.17, 15) is 19.2 Å².